The Kier molecular flexibility index (Phi) is 12.3. The zero-order valence-electron chi connectivity index (χ0n) is 29.5. The number of imide groups is 2. The number of fused-ring (bicyclic) bond motifs is 1. The fraction of sp³-hybridized carbons (Fsp3) is 0.286. The zero-order chi connectivity index (χ0) is 37.2. The first kappa shape index (κ1) is 37.0. The van der Waals surface area contributed by atoms with Crippen LogP contribution < -0.4 is 14.8 Å². The number of rotatable bonds is 17. The predicted octanol–water partition coefficient (Wildman–Crippen LogP) is 6.04. The number of nitrogens with zero attached hydrogens (tertiary/aromatic N) is 1. The summed E-state index contributed by atoms with van der Waals surface area (Å²) in [6, 6.07) is 29.3. The van der Waals surface area contributed by atoms with Crippen LogP contribution in [-0.4, -0.2) is 79.3 Å². The van der Waals surface area contributed by atoms with Crippen molar-refractivity contribution in [2.24, 2.45) is 0 Å². The van der Waals surface area contributed by atoms with E-state index in [1.54, 1.807) is 18.2 Å². The minimum atomic E-state index is -1.01. The van der Waals surface area contributed by atoms with Gasteiger partial charge in [0.15, 0.2) is 0 Å². The maximum Gasteiger partial charge on any atom is 0.262 e. The van der Waals surface area contributed by atoms with Crippen LogP contribution in [0, 0.1) is 0 Å². The van der Waals surface area contributed by atoms with Crippen molar-refractivity contribution in [2.75, 3.05) is 39.6 Å². The minimum Gasteiger partial charge on any atom is -0.508 e. The van der Waals surface area contributed by atoms with E-state index in [4.69, 9.17) is 18.9 Å². The van der Waals surface area contributed by atoms with E-state index in [1.165, 1.54) is 17.7 Å². The van der Waals surface area contributed by atoms with Crippen LogP contribution in [0.2, 0.25) is 0 Å². The van der Waals surface area contributed by atoms with Crippen LogP contribution in [0.4, 0.5) is 0 Å². The lowest BCUT2D eigenvalue weighted by Gasteiger charge is -2.27. The summed E-state index contributed by atoms with van der Waals surface area (Å²) in [6.45, 7) is 4.54. The molecule has 0 bridgehead atoms. The molecule has 2 heterocycles. The zero-order valence-corrected chi connectivity index (χ0v) is 29.5. The molecule has 1 unspecified atom stereocenters. The molecule has 0 saturated carbocycles. The van der Waals surface area contributed by atoms with Crippen molar-refractivity contribution in [3.8, 4) is 17.2 Å². The van der Waals surface area contributed by atoms with E-state index in [-0.39, 0.29) is 29.7 Å². The number of aromatic hydroxyl groups is 1. The van der Waals surface area contributed by atoms with Gasteiger partial charge in [-0.25, -0.2) is 0 Å². The van der Waals surface area contributed by atoms with Crippen LogP contribution in [0.25, 0.3) is 11.1 Å². The fourth-order valence-corrected chi connectivity index (χ4v) is 6.46. The maximum absolute atomic E-state index is 13.0. The second-order valence-corrected chi connectivity index (χ2v) is 12.6. The van der Waals surface area contributed by atoms with Crippen molar-refractivity contribution in [2.45, 2.75) is 38.6 Å². The summed E-state index contributed by atoms with van der Waals surface area (Å²) >= 11 is 0. The molecular formula is C42H42N2O9. The van der Waals surface area contributed by atoms with E-state index in [9.17, 15) is 24.3 Å². The molecule has 2 aliphatic heterocycles. The highest BCUT2D eigenvalue weighted by atomic mass is 16.5. The summed E-state index contributed by atoms with van der Waals surface area (Å²) in [7, 11) is 0. The second-order valence-electron chi connectivity index (χ2n) is 12.6. The summed E-state index contributed by atoms with van der Waals surface area (Å²) in [5.41, 5.74) is 5.94. The quantitative estimate of drug-likeness (QED) is 0.0759. The first-order valence-corrected chi connectivity index (χ1v) is 17.8. The predicted molar refractivity (Wildman–Crippen MR) is 198 cm³/mol. The average molecular weight is 719 g/mol. The molecule has 6 rings (SSSR count). The molecule has 2 aliphatic rings. The Morgan fingerprint density at radius 3 is 2.02 bits per heavy atom. The van der Waals surface area contributed by atoms with Gasteiger partial charge >= 0.3 is 0 Å². The van der Waals surface area contributed by atoms with E-state index in [2.05, 4.69) is 36.5 Å². The highest BCUT2D eigenvalue weighted by Gasteiger charge is 2.44. The molecule has 0 aliphatic carbocycles. The van der Waals surface area contributed by atoms with Gasteiger partial charge in [0.25, 0.3) is 11.8 Å². The number of ether oxygens (including phenoxy) is 4. The van der Waals surface area contributed by atoms with E-state index < -0.39 is 29.7 Å². The second kappa shape index (κ2) is 17.6. The molecule has 1 saturated heterocycles. The van der Waals surface area contributed by atoms with Crippen molar-refractivity contribution in [3.05, 3.63) is 125 Å². The van der Waals surface area contributed by atoms with Crippen LogP contribution >= 0.6 is 0 Å². The van der Waals surface area contributed by atoms with Gasteiger partial charge in [0.1, 0.15) is 29.9 Å². The number of piperidine rings is 1. The molecule has 1 atom stereocenters. The average Bonchev–Trinajstić information content (AvgIpc) is 3.42. The van der Waals surface area contributed by atoms with Crippen LogP contribution in [-0.2, 0) is 19.1 Å². The molecule has 274 valence electrons. The van der Waals surface area contributed by atoms with Crippen molar-refractivity contribution < 1.29 is 43.2 Å². The van der Waals surface area contributed by atoms with Gasteiger partial charge in [-0.15, -0.1) is 0 Å². The third kappa shape index (κ3) is 9.00. The number of phenolic OH excluding ortho intramolecular Hbond substituents is 1. The Bertz CT molecular complexity index is 1960. The molecule has 11 heteroatoms. The lowest BCUT2D eigenvalue weighted by molar-refractivity contribution is -0.136. The number of carbonyl (C=O) groups is 4. The number of hydrogen-bond acceptors (Lipinski definition) is 9. The topological polar surface area (TPSA) is 141 Å². The van der Waals surface area contributed by atoms with Gasteiger partial charge < -0.3 is 24.1 Å². The van der Waals surface area contributed by atoms with Gasteiger partial charge in [0.05, 0.1) is 37.6 Å². The van der Waals surface area contributed by atoms with Gasteiger partial charge in [0, 0.05) is 19.4 Å². The molecule has 0 radical (unpaired) electrons. The summed E-state index contributed by atoms with van der Waals surface area (Å²) in [5, 5.41) is 12.1. The highest BCUT2D eigenvalue weighted by molar-refractivity contribution is 6.23. The third-order valence-corrected chi connectivity index (χ3v) is 9.06. The van der Waals surface area contributed by atoms with Crippen molar-refractivity contribution in [3.63, 3.8) is 0 Å². The summed E-state index contributed by atoms with van der Waals surface area (Å²) in [5.74, 6) is -0.794. The number of benzene rings is 4. The Morgan fingerprint density at radius 1 is 0.698 bits per heavy atom. The van der Waals surface area contributed by atoms with Crippen molar-refractivity contribution in [1.29, 1.82) is 0 Å². The Morgan fingerprint density at radius 2 is 1.32 bits per heavy atom. The maximum atomic E-state index is 13.0. The number of phenols is 1. The number of hydrogen-bond donors (Lipinski definition) is 2. The summed E-state index contributed by atoms with van der Waals surface area (Å²) in [4.78, 5) is 50.5. The monoisotopic (exact) mass is 718 g/mol. The molecule has 53 heavy (non-hydrogen) atoms. The lowest BCUT2D eigenvalue weighted by Crippen LogP contribution is -2.54. The van der Waals surface area contributed by atoms with E-state index >= 15 is 0 Å². The highest BCUT2D eigenvalue weighted by Crippen LogP contribution is 2.36. The molecular weight excluding hydrogens is 676 g/mol. The molecule has 4 aromatic rings. The standard InChI is InChI=1S/C42H42N2O9/c1-2-34(28-7-4-3-5-8-28)39(29-9-13-31(45)14-10-29)30-11-15-32(16-12-30)53-26-25-51-24-23-50-21-6-22-52-33-17-18-35-36(27-33)42(49)44(41(35)48)37-19-20-38(46)43-40(37)47/h3-5,7-18,27,37,45H,2,6,19-26H2,1H3,(H,43,46,47). The molecule has 4 aromatic carbocycles. The van der Waals surface area contributed by atoms with Crippen molar-refractivity contribution >= 4 is 34.8 Å². The van der Waals surface area contributed by atoms with Gasteiger partial charge in [0.2, 0.25) is 11.8 Å². The smallest absolute Gasteiger partial charge is 0.262 e. The Labute approximate surface area is 308 Å². The van der Waals surface area contributed by atoms with Gasteiger partial charge in [-0.05, 0) is 83.1 Å². The van der Waals surface area contributed by atoms with E-state index in [0.29, 0.717) is 51.8 Å². The first-order chi connectivity index (χ1) is 25.8. The SMILES string of the molecule is CCC(=C(c1ccc(O)cc1)c1ccc(OCCOCCOCCCOc2ccc3c(c2)C(=O)N(C2CCC(=O)NC2=O)C3=O)cc1)c1ccccc1. The van der Waals surface area contributed by atoms with Gasteiger partial charge in [-0.2, -0.15) is 0 Å². The third-order valence-electron chi connectivity index (χ3n) is 9.06. The van der Waals surface area contributed by atoms with Crippen LogP contribution in [0.5, 0.6) is 17.2 Å². The molecule has 0 aromatic heterocycles. The number of amides is 4. The minimum absolute atomic E-state index is 0.0656. The number of nitrogens with one attached hydrogen (secondary N) is 1. The largest absolute Gasteiger partial charge is 0.508 e. The lowest BCUT2D eigenvalue weighted by atomic mass is 9.88. The summed E-state index contributed by atoms with van der Waals surface area (Å²) < 4.78 is 23.0. The van der Waals surface area contributed by atoms with Crippen LogP contribution in [0.15, 0.2) is 97.1 Å². The van der Waals surface area contributed by atoms with E-state index in [1.807, 2.05) is 42.5 Å². The Hall–Kier alpha value is -5.78. The first-order valence-electron chi connectivity index (χ1n) is 17.8. The number of carbonyl (C=O) groups excluding carboxylic acids is 4. The Balaban J connectivity index is 0.886. The van der Waals surface area contributed by atoms with Gasteiger partial charge in [-0.1, -0.05) is 61.5 Å². The van der Waals surface area contributed by atoms with E-state index in [0.717, 1.165) is 39.3 Å². The van der Waals surface area contributed by atoms with Crippen LogP contribution in [0.1, 0.15) is 70.0 Å². The summed E-state index contributed by atoms with van der Waals surface area (Å²) in [6.07, 6.45) is 1.61. The molecule has 1 fully saturated rings. The molecule has 2 N–H and O–H groups in total. The van der Waals surface area contributed by atoms with Crippen molar-refractivity contribution in [1.82, 2.24) is 10.2 Å². The number of allylic oxidation sites excluding steroid dienone is 1. The molecule has 4 amide bonds. The van der Waals surface area contributed by atoms with Crippen LogP contribution in [0.3, 0.4) is 0 Å². The molecule has 11 nitrogen and oxygen atoms in total. The van der Waals surface area contributed by atoms with Gasteiger partial charge in [-0.3, -0.25) is 29.4 Å². The molecule has 0 spiro atoms. The fourth-order valence-electron chi connectivity index (χ4n) is 6.46. The normalized spacial score (nSPS) is 15.9.